The van der Waals surface area contributed by atoms with E-state index in [0.29, 0.717) is 5.56 Å². The van der Waals surface area contributed by atoms with Crippen molar-refractivity contribution in [2.75, 3.05) is 0 Å². The van der Waals surface area contributed by atoms with Crippen LogP contribution in [0.15, 0.2) is 52.9 Å². The van der Waals surface area contributed by atoms with Crippen molar-refractivity contribution >= 4 is 23.5 Å². The Labute approximate surface area is 109 Å². The highest BCUT2D eigenvalue weighted by Crippen LogP contribution is 2.11. The van der Waals surface area contributed by atoms with Crippen LogP contribution in [0, 0.1) is 0 Å². The molecule has 1 atom stereocenters. The summed E-state index contributed by atoms with van der Waals surface area (Å²) in [5.41, 5.74) is 2.85. The smallest absolute Gasteiger partial charge is 0.273 e. The third-order valence-electron chi connectivity index (χ3n) is 2.27. The normalized spacial score (nSPS) is 12.5. The highest BCUT2D eigenvalue weighted by atomic mass is 32.1. The number of carbonyl (C=O) groups excluding carboxylic acids is 1. The van der Waals surface area contributed by atoms with Crippen LogP contribution >= 0.6 is 11.3 Å². The highest BCUT2D eigenvalue weighted by molar-refractivity contribution is 7.11. The van der Waals surface area contributed by atoms with Gasteiger partial charge in [-0.15, -0.1) is 11.3 Å². The van der Waals surface area contributed by atoms with Gasteiger partial charge in [0.25, 0.3) is 5.91 Å². The first-order valence-electron chi connectivity index (χ1n) is 5.37. The van der Waals surface area contributed by atoms with Gasteiger partial charge in [0, 0.05) is 4.88 Å². The van der Waals surface area contributed by atoms with Gasteiger partial charge < -0.3 is 5.11 Å². The molecule has 0 aliphatic rings. The first kappa shape index (κ1) is 12.5. The van der Waals surface area contributed by atoms with Gasteiger partial charge >= 0.3 is 0 Å². The Morgan fingerprint density at radius 1 is 1.28 bits per heavy atom. The molecule has 0 saturated carbocycles. The summed E-state index contributed by atoms with van der Waals surface area (Å²) in [6.45, 7) is 0. The van der Waals surface area contributed by atoms with Crippen molar-refractivity contribution in [1.82, 2.24) is 5.43 Å². The molecular weight excluding hydrogens is 248 g/mol. The second-order valence-corrected chi connectivity index (χ2v) is 4.54. The lowest BCUT2D eigenvalue weighted by atomic mass is 10.1. The number of amides is 1. The average Bonchev–Trinajstić information content (AvgIpc) is 2.92. The summed E-state index contributed by atoms with van der Waals surface area (Å²) in [7, 11) is 0. The molecule has 92 valence electrons. The molecule has 5 heteroatoms. The summed E-state index contributed by atoms with van der Waals surface area (Å²) in [5.74, 6) is -0.547. The lowest BCUT2D eigenvalue weighted by Gasteiger charge is -2.08. The molecule has 0 fully saturated rings. The number of aliphatic hydroxyl groups is 1. The summed E-state index contributed by atoms with van der Waals surface area (Å²) < 4.78 is 0. The van der Waals surface area contributed by atoms with Crippen LogP contribution in [-0.4, -0.2) is 17.2 Å². The maximum absolute atomic E-state index is 11.6. The van der Waals surface area contributed by atoms with Crippen molar-refractivity contribution in [3.63, 3.8) is 0 Å². The molecule has 1 aromatic heterocycles. The van der Waals surface area contributed by atoms with Crippen molar-refractivity contribution < 1.29 is 9.90 Å². The molecule has 0 aliphatic heterocycles. The van der Waals surface area contributed by atoms with E-state index in [1.54, 1.807) is 30.5 Å². The Kier molecular flexibility index (Phi) is 4.22. The van der Waals surface area contributed by atoms with E-state index < -0.39 is 12.0 Å². The molecule has 18 heavy (non-hydrogen) atoms. The maximum atomic E-state index is 11.6. The molecule has 0 aliphatic carbocycles. The van der Waals surface area contributed by atoms with Crippen molar-refractivity contribution in [2.24, 2.45) is 5.10 Å². The Hall–Kier alpha value is -1.98. The van der Waals surface area contributed by atoms with E-state index in [1.165, 1.54) is 11.3 Å². The molecule has 2 aromatic rings. The van der Waals surface area contributed by atoms with Gasteiger partial charge in [-0.05, 0) is 17.0 Å². The van der Waals surface area contributed by atoms with E-state index in [1.807, 2.05) is 23.6 Å². The third-order valence-corrected chi connectivity index (χ3v) is 3.08. The lowest BCUT2D eigenvalue weighted by molar-refractivity contribution is -0.129. The number of hydrogen-bond donors (Lipinski definition) is 2. The summed E-state index contributed by atoms with van der Waals surface area (Å²) in [6.07, 6.45) is 0.340. The van der Waals surface area contributed by atoms with Crippen LogP contribution < -0.4 is 5.43 Å². The highest BCUT2D eigenvalue weighted by Gasteiger charge is 2.15. The summed E-state index contributed by atoms with van der Waals surface area (Å²) in [5, 5.41) is 15.5. The second kappa shape index (κ2) is 6.09. The predicted molar refractivity (Wildman–Crippen MR) is 71.5 cm³/mol. The number of aliphatic hydroxyl groups excluding tert-OH is 1. The fourth-order valence-corrected chi connectivity index (χ4v) is 1.96. The zero-order chi connectivity index (χ0) is 12.8. The SMILES string of the molecule is O=C(N/N=C\c1cccs1)[C@@H](O)c1ccccc1. The number of benzene rings is 1. The Morgan fingerprint density at radius 3 is 2.72 bits per heavy atom. The van der Waals surface area contributed by atoms with Crippen molar-refractivity contribution in [3.8, 4) is 0 Å². The molecule has 0 radical (unpaired) electrons. The van der Waals surface area contributed by atoms with E-state index in [4.69, 9.17) is 0 Å². The largest absolute Gasteiger partial charge is 0.378 e. The zero-order valence-electron chi connectivity index (χ0n) is 9.48. The first-order chi connectivity index (χ1) is 8.77. The standard InChI is InChI=1S/C13H12N2O2S/c16-12(10-5-2-1-3-6-10)13(17)15-14-9-11-7-4-8-18-11/h1-9,12,16H,(H,15,17)/b14-9-/t12-/m0/s1. The van der Waals surface area contributed by atoms with E-state index in [0.717, 1.165) is 4.88 Å². The van der Waals surface area contributed by atoms with Gasteiger partial charge in [0.1, 0.15) is 0 Å². The Morgan fingerprint density at radius 2 is 2.06 bits per heavy atom. The number of carbonyl (C=O) groups is 1. The zero-order valence-corrected chi connectivity index (χ0v) is 10.3. The first-order valence-corrected chi connectivity index (χ1v) is 6.25. The molecular formula is C13H12N2O2S. The Bertz CT molecular complexity index is 523. The number of hydrazone groups is 1. The topological polar surface area (TPSA) is 61.7 Å². The van der Waals surface area contributed by atoms with Crippen molar-refractivity contribution in [3.05, 3.63) is 58.3 Å². The van der Waals surface area contributed by atoms with E-state index >= 15 is 0 Å². The number of nitrogens with one attached hydrogen (secondary N) is 1. The molecule has 0 spiro atoms. The van der Waals surface area contributed by atoms with Gasteiger partial charge in [-0.1, -0.05) is 36.4 Å². The summed E-state index contributed by atoms with van der Waals surface area (Å²) >= 11 is 1.52. The van der Waals surface area contributed by atoms with Crippen LogP contribution in [0.2, 0.25) is 0 Å². The molecule has 1 aromatic carbocycles. The van der Waals surface area contributed by atoms with Gasteiger partial charge in [-0.2, -0.15) is 5.10 Å². The van der Waals surface area contributed by atoms with Crippen LogP contribution in [0.25, 0.3) is 0 Å². The predicted octanol–water partition coefficient (Wildman–Crippen LogP) is 1.93. The number of thiophene rings is 1. The minimum Gasteiger partial charge on any atom is -0.378 e. The molecule has 1 amide bonds. The van der Waals surface area contributed by atoms with Crippen molar-refractivity contribution in [2.45, 2.75) is 6.10 Å². The average molecular weight is 260 g/mol. The van der Waals surface area contributed by atoms with Crippen LogP contribution in [0.5, 0.6) is 0 Å². The van der Waals surface area contributed by atoms with Gasteiger partial charge in [0.05, 0.1) is 6.21 Å². The minimum atomic E-state index is -1.20. The van der Waals surface area contributed by atoms with Crippen LogP contribution in [0.1, 0.15) is 16.5 Å². The van der Waals surface area contributed by atoms with Crippen molar-refractivity contribution in [1.29, 1.82) is 0 Å². The monoisotopic (exact) mass is 260 g/mol. The van der Waals surface area contributed by atoms with Gasteiger partial charge in [-0.3, -0.25) is 4.79 Å². The van der Waals surface area contributed by atoms with Crippen LogP contribution in [-0.2, 0) is 4.79 Å². The minimum absolute atomic E-state index is 0.543. The van der Waals surface area contributed by atoms with Gasteiger partial charge in [0.15, 0.2) is 6.10 Å². The molecule has 0 unspecified atom stereocenters. The third kappa shape index (κ3) is 3.26. The molecule has 4 nitrogen and oxygen atoms in total. The summed E-state index contributed by atoms with van der Waals surface area (Å²) in [6, 6.07) is 12.5. The quantitative estimate of drug-likeness (QED) is 0.652. The number of nitrogens with zero attached hydrogens (tertiary/aromatic N) is 1. The fourth-order valence-electron chi connectivity index (χ4n) is 1.37. The number of rotatable bonds is 4. The molecule has 2 rings (SSSR count). The van der Waals surface area contributed by atoms with E-state index in [-0.39, 0.29) is 0 Å². The van der Waals surface area contributed by atoms with E-state index in [2.05, 4.69) is 10.5 Å². The van der Waals surface area contributed by atoms with Crippen LogP contribution in [0.4, 0.5) is 0 Å². The number of hydrogen-bond acceptors (Lipinski definition) is 4. The molecule has 2 N–H and O–H groups in total. The lowest BCUT2D eigenvalue weighted by Crippen LogP contribution is -2.25. The van der Waals surface area contributed by atoms with Crippen LogP contribution in [0.3, 0.4) is 0 Å². The molecule has 0 bridgehead atoms. The second-order valence-electron chi connectivity index (χ2n) is 3.56. The molecule has 0 saturated heterocycles. The Balaban J connectivity index is 1.92. The van der Waals surface area contributed by atoms with E-state index in [9.17, 15) is 9.90 Å². The maximum Gasteiger partial charge on any atom is 0.273 e. The fraction of sp³-hybridized carbons (Fsp3) is 0.0769. The van der Waals surface area contributed by atoms with Gasteiger partial charge in [-0.25, -0.2) is 5.43 Å². The molecule has 1 heterocycles. The summed E-state index contributed by atoms with van der Waals surface area (Å²) in [4.78, 5) is 12.5. The van der Waals surface area contributed by atoms with Gasteiger partial charge in [0.2, 0.25) is 0 Å².